The second-order valence-corrected chi connectivity index (χ2v) is 6.54. The number of thioether (sulfide) groups is 1. The van der Waals surface area contributed by atoms with Crippen LogP contribution in [0.3, 0.4) is 0 Å². The van der Waals surface area contributed by atoms with Crippen LogP contribution in [0.4, 0.5) is 10.8 Å². The third-order valence-corrected chi connectivity index (χ3v) is 4.82. The molecule has 0 aliphatic carbocycles. The minimum atomic E-state index is -0.235. The first kappa shape index (κ1) is 15.8. The van der Waals surface area contributed by atoms with E-state index in [2.05, 4.69) is 35.4 Å². The summed E-state index contributed by atoms with van der Waals surface area (Å²) in [5, 5.41) is 12.1. The highest BCUT2D eigenvalue weighted by Gasteiger charge is 2.09. The number of esters is 1. The molecule has 0 fully saturated rings. The van der Waals surface area contributed by atoms with E-state index in [0.29, 0.717) is 6.61 Å². The fraction of sp³-hybridized carbons (Fsp3) is 0.357. The highest BCUT2D eigenvalue weighted by atomic mass is 32.2. The van der Waals surface area contributed by atoms with Gasteiger partial charge in [-0.15, -0.1) is 10.2 Å². The summed E-state index contributed by atoms with van der Waals surface area (Å²) in [7, 11) is 0. The monoisotopic (exact) mass is 323 g/mol. The summed E-state index contributed by atoms with van der Waals surface area (Å²) in [6, 6.07) is 6.08. The summed E-state index contributed by atoms with van der Waals surface area (Å²) in [5.41, 5.74) is 3.43. The normalized spacial score (nSPS) is 10.4. The van der Waals surface area contributed by atoms with Crippen molar-refractivity contribution in [3.63, 3.8) is 0 Å². The predicted octanol–water partition coefficient (Wildman–Crippen LogP) is 3.55. The van der Waals surface area contributed by atoms with Gasteiger partial charge >= 0.3 is 5.97 Å². The molecule has 0 atom stereocenters. The molecule has 5 nitrogen and oxygen atoms in total. The topological polar surface area (TPSA) is 64.1 Å². The molecule has 1 heterocycles. The number of ether oxygens (including phenoxy) is 1. The van der Waals surface area contributed by atoms with Crippen molar-refractivity contribution < 1.29 is 9.53 Å². The van der Waals surface area contributed by atoms with Gasteiger partial charge in [0.15, 0.2) is 4.34 Å². The molecule has 0 spiro atoms. The Morgan fingerprint density at radius 1 is 1.38 bits per heavy atom. The smallest absolute Gasteiger partial charge is 0.316 e. The molecule has 0 amide bonds. The second kappa shape index (κ2) is 7.42. The van der Waals surface area contributed by atoms with Crippen LogP contribution < -0.4 is 5.32 Å². The molecule has 0 saturated carbocycles. The first-order chi connectivity index (χ1) is 10.1. The summed E-state index contributed by atoms with van der Waals surface area (Å²) < 4.78 is 5.62. The number of nitrogens with zero attached hydrogens (tertiary/aromatic N) is 2. The van der Waals surface area contributed by atoms with Crippen molar-refractivity contribution >= 4 is 39.9 Å². The summed E-state index contributed by atoms with van der Waals surface area (Å²) >= 11 is 2.76. The molecule has 1 N–H and O–H groups in total. The summed E-state index contributed by atoms with van der Waals surface area (Å²) in [6.45, 7) is 6.32. The first-order valence-electron chi connectivity index (χ1n) is 6.55. The number of carbonyl (C=O) groups excluding carboxylic acids is 1. The molecule has 0 aliphatic rings. The minimum Gasteiger partial charge on any atom is -0.465 e. The number of nitrogens with one attached hydrogen (secondary N) is 1. The molecule has 2 rings (SSSR count). The van der Waals surface area contributed by atoms with E-state index in [1.165, 1.54) is 34.2 Å². The van der Waals surface area contributed by atoms with Crippen molar-refractivity contribution in [1.29, 1.82) is 0 Å². The Bertz CT molecular complexity index is 628. The molecule has 1 aromatic heterocycles. The highest BCUT2D eigenvalue weighted by Crippen LogP contribution is 2.29. The van der Waals surface area contributed by atoms with Gasteiger partial charge in [0.05, 0.1) is 12.4 Å². The van der Waals surface area contributed by atoms with Crippen molar-refractivity contribution in [2.24, 2.45) is 0 Å². The van der Waals surface area contributed by atoms with E-state index in [1.54, 1.807) is 6.92 Å². The highest BCUT2D eigenvalue weighted by molar-refractivity contribution is 8.01. The van der Waals surface area contributed by atoms with E-state index < -0.39 is 0 Å². The fourth-order valence-corrected chi connectivity index (χ4v) is 3.21. The van der Waals surface area contributed by atoms with E-state index in [4.69, 9.17) is 4.74 Å². The van der Waals surface area contributed by atoms with Crippen molar-refractivity contribution in [1.82, 2.24) is 10.2 Å². The van der Waals surface area contributed by atoms with Crippen LogP contribution in [0.1, 0.15) is 18.1 Å². The van der Waals surface area contributed by atoms with Crippen LogP contribution in [0.5, 0.6) is 0 Å². The zero-order valence-corrected chi connectivity index (χ0v) is 13.8. The molecule has 0 unspecified atom stereocenters. The van der Waals surface area contributed by atoms with Gasteiger partial charge < -0.3 is 10.1 Å². The van der Waals surface area contributed by atoms with Crippen LogP contribution in [0, 0.1) is 13.8 Å². The zero-order chi connectivity index (χ0) is 15.2. The summed E-state index contributed by atoms with van der Waals surface area (Å²) in [6.07, 6.45) is 0. The van der Waals surface area contributed by atoms with Crippen LogP contribution in [-0.2, 0) is 9.53 Å². The summed E-state index contributed by atoms with van der Waals surface area (Å²) in [4.78, 5) is 11.3. The number of hydrogen-bond acceptors (Lipinski definition) is 7. The van der Waals surface area contributed by atoms with Gasteiger partial charge in [0.2, 0.25) is 5.13 Å². The van der Waals surface area contributed by atoms with E-state index in [9.17, 15) is 4.79 Å². The zero-order valence-electron chi connectivity index (χ0n) is 12.2. The lowest BCUT2D eigenvalue weighted by Crippen LogP contribution is -2.06. The number of rotatable bonds is 6. The Kier molecular flexibility index (Phi) is 5.58. The first-order valence-corrected chi connectivity index (χ1v) is 8.35. The van der Waals surface area contributed by atoms with Gasteiger partial charge in [0.1, 0.15) is 0 Å². The van der Waals surface area contributed by atoms with E-state index in [-0.39, 0.29) is 11.7 Å². The Morgan fingerprint density at radius 2 is 2.19 bits per heavy atom. The number of anilines is 2. The Morgan fingerprint density at radius 3 is 2.95 bits per heavy atom. The number of aryl methyl sites for hydroxylation is 1. The predicted molar refractivity (Wildman–Crippen MR) is 86.5 cm³/mol. The van der Waals surface area contributed by atoms with Crippen molar-refractivity contribution in [3.8, 4) is 0 Å². The Labute approximate surface area is 132 Å². The lowest BCUT2D eigenvalue weighted by molar-refractivity contribution is -0.139. The average molecular weight is 323 g/mol. The lowest BCUT2D eigenvalue weighted by Gasteiger charge is -2.08. The standard InChI is InChI=1S/C14H17N3O2S2/c1-4-19-12(18)8-20-14-17-16-13(21-14)15-11-7-5-6-9(2)10(11)3/h5-7H,4,8H2,1-3H3,(H,15,16). The quantitative estimate of drug-likeness (QED) is 0.648. The van der Waals surface area contributed by atoms with Crippen LogP contribution >= 0.6 is 23.1 Å². The van der Waals surface area contributed by atoms with Gasteiger partial charge in [-0.2, -0.15) is 0 Å². The molecule has 2 aromatic rings. The third-order valence-electron chi connectivity index (χ3n) is 2.87. The maximum Gasteiger partial charge on any atom is 0.316 e. The Hall–Kier alpha value is -1.60. The molecule has 0 bridgehead atoms. The van der Waals surface area contributed by atoms with Crippen molar-refractivity contribution in [3.05, 3.63) is 29.3 Å². The number of benzene rings is 1. The molecule has 7 heteroatoms. The molecule has 0 aliphatic heterocycles. The van der Waals surface area contributed by atoms with Gasteiger partial charge in [-0.3, -0.25) is 4.79 Å². The SMILES string of the molecule is CCOC(=O)CSc1nnc(Nc2cccc(C)c2C)s1. The molecule has 21 heavy (non-hydrogen) atoms. The molecule has 1 aromatic carbocycles. The molecular formula is C14H17N3O2S2. The molecular weight excluding hydrogens is 306 g/mol. The van der Waals surface area contributed by atoms with E-state index >= 15 is 0 Å². The van der Waals surface area contributed by atoms with E-state index in [1.807, 2.05) is 12.1 Å². The maximum absolute atomic E-state index is 11.3. The van der Waals surface area contributed by atoms with Crippen molar-refractivity contribution in [2.75, 3.05) is 17.7 Å². The summed E-state index contributed by atoms with van der Waals surface area (Å²) in [5.74, 6) is 0.0214. The second-order valence-electron chi connectivity index (χ2n) is 4.34. The van der Waals surface area contributed by atoms with Gasteiger partial charge in [-0.25, -0.2) is 0 Å². The molecule has 0 radical (unpaired) electrons. The van der Waals surface area contributed by atoms with Gasteiger partial charge in [0.25, 0.3) is 0 Å². The molecule has 0 saturated heterocycles. The third kappa shape index (κ3) is 4.44. The van der Waals surface area contributed by atoms with Crippen LogP contribution in [0.15, 0.2) is 22.5 Å². The van der Waals surface area contributed by atoms with E-state index in [0.717, 1.165) is 15.2 Å². The minimum absolute atomic E-state index is 0.235. The van der Waals surface area contributed by atoms with Crippen LogP contribution in [-0.4, -0.2) is 28.5 Å². The van der Waals surface area contributed by atoms with Gasteiger partial charge in [-0.1, -0.05) is 35.2 Å². The molecule has 112 valence electrons. The van der Waals surface area contributed by atoms with Crippen molar-refractivity contribution in [2.45, 2.75) is 25.1 Å². The fourth-order valence-electron chi connectivity index (χ4n) is 1.64. The average Bonchev–Trinajstić information content (AvgIpc) is 2.90. The van der Waals surface area contributed by atoms with Gasteiger partial charge in [0, 0.05) is 5.69 Å². The van der Waals surface area contributed by atoms with Gasteiger partial charge in [-0.05, 0) is 38.0 Å². The number of aromatic nitrogens is 2. The van der Waals surface area contributed by atoms with Crippen LogP contribution in [0.25, 0.3) is 0 Å². The largest absolute Gasteiger partial charge is 0.465 e. The maximum atomic E-state index is 11.3. The lowest BCUT2D eigenvalue weighted by atomic mass is 10.1. The Balaban J connectivity index is 1.97. The van der Waals surface area contributed by atoms with Crippen LogP contribution in [0.2, 0.25) is 0 Å². The number of hydrogen-bond donors (Lipinski definition) is 1. The number of carbonyl (C=O) groups is 1.